The zero-order chi connectivity index (χ0) is 18.7. The molecule has 3 heteroatoms. The van der Waals surface area contributed by atoms with Gasteiger partial charge in [0.1, 0.15) is 18.5 Å². The summed E-state index contributed by atoms with van der Waals surface area (Å²) in [5, 5.41) is 12.3. The normalized spacial score (nSPS) is 13.9. The van der Waals surface area contributed by atoms with E-state index in [2.05, 4.69) is 45.0 Å². The summed E-state index contributed by atoms with van der Waals surface area (Å²) in [4.78, 5) is 0. The second-order valence-corrected chi connectivity index (χ2v) is 8.35. The zero-order valence-electron chi connectivity index (χ0n) is 16.4. The van der Waals surface area contributed by atoms with Crippen molar-refractivity contribution in [1.82, 2.24) is 0 Å². The summed E-state index contributed by atoms with van der Waals surface area (Å²) < 4.78 is 11.3. The lowest BCUT2D eigenvalue weighted by molar-refractivity contribution is -0.0586. The van der Waals surface area contributed by atoms with Crippen LogP contribution in [0.2, 0.25) is 0 Å². The molecule has 1 atom stereocenters. The van der Waals surface area contributed by atoms with E-state index in [1.165, 1.54) is 10.9 Å². The van der Waals surface area contributed by atoms with Crippen molar-refractivity contribution >= 4 is 10.8 Å². The summed E-state index contributed by atoms with van der Waals surface area (Å²) in [5.41, 5.74) is 1.28. The van der Waals surface area contributed by atoms with Gasteiger partial charge in [-0.25, -0.2) is 0 Å². The van der Waals surface area contributed by atoms with Gasteiger partial charge < -0.3 is 14.6 Å². The van der Waals surface area contributed by atoms with Crippen LogP contribution in [-0.4, -0.2) is 30.0 Å². The fraction of sp³-hybridized carbons (Fsp3) is 0.545. The molecule has 1 unspecified atom stereocenters. The quantitative estimate of drug-likeness (QED) is 0.761. The van der Waals surface area contributed by atoms with Gasteiger partial charge in [0.15, 0.2) is 0 Å². The minimum absolute atomic E-state index is 0.181. The maximum atomic E-state index is 9.99. The number of rotatable bonds is 7. The Kier molecular flexibility index (Phi) is 6.12. The van der Waals surface area contributed by atoms with Crippen LogP contribution in [-0.2, 0) is 10.2 Å². The average Bonchev–Trinajstić information content (AvgIpc) is 2.56. The Labute approximate surface area is 152 Å². The molecule has 0 aliphatic carbocycles. The lowest BCUT2D eigenvalue weighted by Crippen LogP contribution is -2.29. The summed E-state index contributed by atoms with van der Waals surface area (Å²) in [5.74, 6) is 0.768. The maximum Gasteiger partial charge on any atom is 0.120 e. The van der Waals surface area contributed by atoms with E-state index in [1.807, 2.05) is 32.9 Å². The molecule has 2 rings (SSSR count). The van der Waals surface area contributed by atoms with E-state index in [0.29, 0.717) is 0 Å². The Morgan fingerprint density at radius 2 is 1.56 bits per heavy atom. The van der Waals surface area contributed by atoms with Crippen LogP contribution < -0.4 is 4.74 Å². The Morgan fingerprint density at radius 1 is 0.920 bits per heavy atom. The molecule has 0 spiro atoms. The van der Waals surface area contributed by atoms with Crippen LogP contribution in [0, 0.1) is 0 Å². The number of fused-ring (bicyclic) bond motifs is 1. The van der Waals surface area contributed by atoms with Gasteiger partial charge in [0.25, 0.3) is 0 Å². The number of aliphatic hydroxyl groups is 1. The van der Waals surface area contributed by atoms with Crippen LogP contribution in [0.15, 0.2) is 36.4 Å². The number of hydrogen-bond donors (Lipinski definition) is 1. The van der Waals surface area contributed by atoms with E-state index in [9.17, 15) is 5.11 Å². The fourth-order valence-corrected chi connectivity index (χ4v) is 2.53. The van der Waals surface area contributed by atoms with Gasteiger partial charge in [-0.2, -0.15) is 0 Å². The van der Waals surface area contributed by atoms with Gasteiger partial charge in [-0.15, -0.1) is 0 Å². The van der Waals surface area contributed by atoms with Crippen molar-refractivity contribution < 1.29 is 14.6 Å². The van der Waals surface area contributed by atoms with Crippen LogP contribution in [0.1, 0.15) is 53.5 Å². The summed E-state index contributed by atoms with van der Waals surface area (Å²) in [6.07, 6.45) is 0.469. The monoisotopic (exact) mass is 344 g/mol. The molecule has 0 radical (unpaired) electrons. The highest BCUT2D eigenvalue weighted by Gasteiger charge is 2.18. The van der Waals surface area contributed by atoms with E-state index in [4.69, 9.17) is 9.47 Å². The predicted octanol–water partition coefficient (Wildman–Crippen LogP) is 5.08. The zero-order valence-corrected chi connectivity index (χ0v) is 16.4. The van der Waals surface area contributed by atoms with Gasteiger partial charge >= 0.3 is 0 Å². The molecule has 2 aromatic carbocycles. The largest absolute Gasteiger partial charge is 0.491 e. The van der Waals surface area contributed by atoms with Crippen LogP contribution in [0.3, 0.4) is 0 Å². The number of hydrogen-bond acceptors (Lipinski definition) is 3. The molecule has 0 heterocycles. The molecule has 2 aromatic rings. The first-order chi connectivity index (χ1) is 11.6. The van der Waals surface area contributed by atoms with Crippen molar-refractivity contribution in [3.8, 4) is 5.75 Å². The summed E-state index contributed by atoms with van der Waals surface area (Å²) >= 11 is 0. The Balaban J connectivity index is 2.03. The van der Waals surface area contributed by atoms with Crippen LogP contribution in [0.4, 0.5) is 0 Å². The Bertz CT molecular complexity index is 698. The number of benzene rings is 2. The first-order valence-electron chi connectivity index (χ1n) is 9.10. The number of aliphatic hydroxyl groups excluding tert-OH is 1. The van der Waals surface area contributed by atoms with Gasteiger partial charge in [-0.05, 0) is 61.1 Å². The summed E-state index contributed by atoms with van der Waals surface area (Å²) in [7, 11) is 0. The molecule has 0 saturated carbocycles. The lowest BCUT2D eigenvalue weighted by atomic mass is 9.81. The molecule has 25 heavy (non-hydrogen) atoms. The second-order valence-electron chi connectivity index (χ2n) is 8.35. The van der Waals surface area contributed by atoms with Crippen LogP contribution in [0.5, 0.6) is 5.75 Å². The van der Waals surface area contributed by atoms with E-state index < -0.39 is 6.10 Å². The number of ether oxygens (including phenoxy) is 2. The minimum atomic E-state index is -0.636. The highest BCUT2D eigenvalue weighted by molar-refractivity contribution is 5.84. The van der Waals surface area contributed by atoms with Crippen LogP contribution in [0.25, 0.3) is 10.8 Å². The highest BCUT2D eigenvalue weighted by Crippen LogP contribution is 2.30. The van der Waals surface area contributed by atoms with Crippen molar-refractivity contribution in [2.75, 3.05) is 13.2 Å². The third-order valence-electron chi connectivity index (χ3n) is 4.63. The SMILES string of the molecule is CCC(C)(C)c1ccc2cc(OCC(O)COC(C)(C)C)ccc2c1. The van der Waals surface area contributed by atoms with Crippen molar-refractivity contribution in [2.45, 2.75) is 65.1 Å². The van der Waals surface area contributed by atoms with Gasteiger partial charge in [-0.3, -0.25) is 0 Å². The van der Waals surface area contributed by atoms with Gasteiger partial charge in [-0.1, -0.05) is 45.0 Å². The molecular formula is C22H32O3. The minimum Gasteiger partial charge on any atom is -0.491 e. The van der Waals surface area contributed by atoms with Crippen molar-refractivity contribution in [2.24, 2.45) is 0 Å². The molecule has 0 aromatic heterocycles. The third-order valence-corrected chi connectivity index (χ3v) is 4.63. The molecular weight excluding hydrogens is 312 g/mol. The first kappa shape index (κ1) is 19.7. The van der Waals surface area contributed by atoms with Crippen molar-refractivity contribution in [3.63, 3.8) is 0 Å². The van der Waals surface area contributed by atoms with E-state index in [1.54, 1.807) is 0 Å². The summed E-state index contributed by atoms with van der Waals surface area (Å²) in [6.45, 7) is 13.2. The van der Waals surface area contributed by atoms with E-state index in [-0.39, 0.29) is 24.2 Å². The maximum absolute atomic E-state index is 9.99. The van der Waals surface area contributed by atoms with Crippen LogP contribution >= 0.6 is 0 Å². The fourth-order valence-electron chi connectivity index (χ4n) is 2.53. The topological polar surface area (TPSA) is 38.7 Å². The van der Waals surface area contributed by atoms with Gasteiger partial charge in [0, 0.05) is 0 Å². The summed E-state index contributed by atoms with van der Waals surface area (Å²) in [6, 6.07) is 12.7. The van der Waals surface area contributed by atoms with Gasteiger partial charge in [0.2, 0.25) is 0 Å². The second kappa shape index (κ2) is 7.76. The van der Waals surface area contributed by atoms with E-state index in [0.717, 1.165) is 17.6 Å². The molecule has 0 aliphatic heterocycles. The lowest BCUT2D eigenvalue weighted by Gasteiger charge is -2.24. The molecule has 0 aliphatic rings. The predicted molar refractivity (Wildman–Crippen MR) is 104 cm³/mol. The molecule has 0 fully saturated rings. The van der Waals surface area contributed by atoms with E-state index >= 15 is 0 Å². The van der Waals surface area contributed by atoms with Gasteiger partial charge in [0.05, 0.1) is 12.2 Å². The molecule has 138 valence electrons. The molecule has 1 N–H and O–H groups in total. The van der Waals surface area contributed by atoms with Crippen molar-refractivity contribution in [3.05, 3.63) is 42.0 Å². The molecule has 0 bridgehead atoms. The average molecular weight is 344 g/mol. The standard InChI is InChI=1S/C22H32O3/c1-7-22(5,6)18-10-8-17-13-20(11-9-16(17)12-18)24-14-19(23)15-25-21(2,3)4/h8-13,19,23H,7,14-15H2,1-6H3. The molecule has 0 amide bonds. The smallest absolute Gasteiger partial charge is 0.120 e. The molecule has 0 saturated heterocycles. The first-order valence-corrected chi connectivity index (χ1v) is 9.10. The molecule has 3 nitrogen and oxygen atoms in total. The highest BCUT2D eigenvalue weighted by atomic mass is 16.5. The Hall–Kier alpha value is -1.58. The Morgan fingerprint density at radius 3 is 2.20 bits per heavy atom. The van der Waals surface area contributed by atoms with Crippen molar-refractivity contribution in [1.29, 1.82) is 0 Å². The third kappa shape index (κ3) is 5.72.